The van der Waals surface area contributed by atoms with Gasteiger partial charge in [-0.2, -0.15) is 0 Å². The molecule has 1 amide bonds. The quantitative estimate of drug-likeness (QED) is 0.335. The predicted molar refractivity (Wildman–Crippen MR) is 155 cm³/mol. The minimum atomic E-state index is -0.171. The van der Waals surface area contributed by atoms with Crippen LogP contribution in [0, 0.1) is 23.2 Å². The van der Waals surface area contributed by atoms with E-state index in [2.05, 4.69) is 55.4 Å². The Bertz CT molecular complexity index is 721. The number of hydrogen-bond donors (Lipinski definition) is 2. The van der Waals surface area contributed by atoms with Crippen LogP contribution in [-0.4, -0.2) is 72.1 Å². The first-order valence-corrected chi connectivity index (χ1v) is 13.4. The summed E-state index contributed by atoms with van der Waals surface area (Å²) in [6, 6.07) is -0.171. The number of nitrogens with one attached hydrogen (secondary N) is 2. The summed E-state index contributed by atoms with van der Waals surface area (Å²) in [7, 11) is 1.69. The van der Waals surface area contributed by atoms with Gasteiger partial charge in [0.2, 0.25) is 5.91 Å². The molecule has 8 nitrogen and oxygen atoms in total. The van der Waals surface area contributed by atoms with Crippen LogP contribution in [0.25, 0.3) is 0 Å². The van der Waals surface area contributed by atoms with Crippen LogP contribution >= 0.6 is 11.6 Å². The second-order valence-corrected chi connectivity index (χ2v) is 11.9. The lowest BCUT2D eigenvalue weighted by Crippen LogP contribution is -2.56. The molecule has 1 saturated carbocycles. The summed E-state index contributed by atoms with van der Waals surface area (Å²) in [5.74, 6) is 1.94. The monoisotopic (exact) mass is 549 g/mol. The highest BCUT2D eigenvalue weighted by Gasteiger charge is 2.43. The molecule has 2 fully saturated rings. The van der Waals surface area contributed by atoms with Crippen molar-refractivity contribution in [3.63, 3.8) is 0 Å². The van der Waals surface area contributed by atoms with Gasteiger partial charge < -0.3 is 36.7 Å². The average Bonchev–Trinajstić information content (AvgIpc) is 2.78. The Morgan fingerprint density at radius 3 is 2.30 bits per heavy atom. The van der Waals surface area contributed by atoms with E-state index < -0.39 is 0 Å². The van der Waals surface area contributed by atoms with Crippen molar-refractivity contribution in [2.24, 2.45) is 23.2 Å². The van der Waals surface area contributed by atoms with E-state index in [1.54, 1.807) is 7.11 Å². The fraction of sp³-hybridized carbons (Fsp3) is 0.821. The van der Waals surface area contributed by atoms with Gasteiger partial charge in [0.1, 0.15) is 6.73 Å². The number of hydrogen-bond acceptors (Lipinski definition) is 4. The zero-order valence-electron chi connectivity index (χ0n) is 23.0. The fourth-order valence-corrected chi connectivity index (χ4v) is 6.42. The molecule has 1 unspecified atom stereocenters. The number of ether oxygens (including phenoxy) is 1. The topological polar surface area (TPSA) is 148 Å². The third-order valence-electron chi connectivity index (χ3n) is 8.00. The molecule has 8 N–H and O–H groups in total. The zero-order chi connectivity index (χ0) is 24.0. The fourth-order valence-electron chi connectivity index (χ4n) is 6.17. The Morgan fingerprint density at radius 1 is 1.11 bits per heavy atom. The number of halogens is 1. The maximum Gasteiger partial charge on any atom is 0.239 e. The lowest BCUT2D eigenvalue weighted by Gasteiger charge is -2.49. The van der Waals surface area contributed by atoms with E-state index in [4.69, 9.17) is 16.3 Å². The van der Waals surface area contributed by atoms with Gasteiger partial charge in [-0.25, -0.2) is 0 Å². The van der Waals surface area contributed by atoms with E-state index in [-0.39, 0.29) is 47.1 Å². The Morgan fingerprint density at radius 2 is 1.73 bits per heavy atom. The molecule has 1 aliphatic heterocycles. The summed E-state index contributed by atoms with van der Waals surface area (Å²) < 4.78 is 5.18. The van der Waals surface area contributed by atoms with Gasteiger partial charge in [0.15, 0.2) is 0 Å². The highest BCUT2D eigenvalue weighted by atomic mass is 35.5. The molecule has 9 heteroatoms. The molecule has 37 heavy (non-hydrogen) atoms. The summed E-state index contributed by atoms with van der Waals surface area (Å²) in [5.41, 5.74) is 2.50. The molecule has 3 aliphatic rings. The summed E-state index contributed by atoms with van der Waals surface area (Å²) in [5, 5.41) is 7.31. The van der Waals surface area contributed by atoms with Crippen molar-refractivity contribution in [3.8, 4) is 0 Å². The summed E-state index contributed by atoms with van der Waals surface area (Å²) in [4.78, 5) is 15.8. The minimum Gasteiger partial charge on any atom is -0.412 e. The van der Waals surface area contributed by atoms with Crippen LogP contribution < -0.4 is 10.6 Å². The van der Waals surface area contributed by atoms with Crippen LogP contribution in [0.4, 0.5) is 0 Å². The van der Waals surface area contributed by atoms with Crippen LogP contribution in [0.5, 0.6) is 0 Å². The SMILES string of the molecule is C.COCNC1=CCCC=C1CN[C@@H](C(=O)N1CCC(C2CCC(Cl)CC2)C(C)(C)C1)C(C)C.O.O.O. The summed E-state index contributed by atoms with van der Waals surface area (Å²) in [6.45, 7) is 11.9. The van der Waals surface area contributed by atoms with Gasteiger partial charge in [0, 0.05) is 37.8 Å². The van der Waals surface area contributed by atoms with Crippen molar-refractivity contribution in [2.75, 3.05) is 33.5 Å². The zero-order valence-corrected chi connectivity index (χ0v) is 23.7. The number of amides is 1. The molecule has 0 aromatic heterocycles. The Balaban J connectivity index is 0. The van der Waals surface area contributed by atoms with Gasteiger partial charge in [-0.1, -0.05) is 47.3 Å². The smallest absolute Gasteiger partial charge is 0.239 e. The van der Waals surface area contributed by atoms with Gasteiger partial charge in [-0.15, -0.1) is 11.6 Å². The molecule has 0 radical (unpaired) electrons. The van der Waals surface area contributed by atoms with Crippen LogP contribution in [-0.2, 0) is 9.53 Å². The van der Waals surface area contributed by atoms with Crippen LogP contribution in [0.15, 0.2) is 23.4 Å². The number of nitrogens with zero attached hydrogens (tertiary/aromatic N) is 1. The van der Waals surface area contributed by atoms with Gasteiger partial charge >= 0.3 is 0 Å². The van der Waals surface area contributed by atoms with Crippen molar-refractivity contribution < 1.29 is 26.0 Å². The van der Waals surface area contributed by atoms with Crippen molar-refractivity contribution in [1.29, 1.82) is 0 Å². The number of piperidine rings is 1. The maximum atomic E-state index is 13.7. The molecule has 220 valence electrons. The van der Waals surface area contributed by atoms with E-state index in [1.807, 2.05) is 0 Å². The van der Waals surface area contributed by atoms with Crippen molar-refractivity contribution >= 4 is 17.5 Å². The second kappa shape index (κ2) is 17.4. The highest BCUT2D eigenvalue weighted by molar-refractivity contribution is 6.20. The number of methoxy groups -OCH3 is 1. The standard InChI is InChI=1S/C27H46ClN3O2.CH4.3H2O/c1-19(2)25(29-16-21-8-6-7-9-24(21)30-18-33-5)26(32)31-15-14-23(27(3,4)17-31)20-10-12-22(28)13-11-20;;;;/h8-9,19-20,22-23,25,29-30H,6-7,10-18H2,1-5H3;1H4;3*1H2/t20?,22?,23?,25-;;;;/m1..../s1. The number of alkyl halides is 1. The lowest BCUT2D eigenvalue weighted by molar-refractivity contribution is -0.140. The largest absolute Gasteiger partial charge is 0.412 e. The number of allylic oxidation sites excluding steroid dienone is 2. The molecular weight excluding hydrogens is 494 g/mol. The first-order valence-electron chi connectivity index (χ1n) is 13.0. The number of rotatable bonds is 9. The molecular formula is C28H56ClN3O5. The molecule has 2 atom stereocenters. The number of likely N-dealkylation sites (tertiary alicyclic amines) is 1. The Kier molecular flexibility index (Phi) is 17.9. The van der Waals surface area contributed by atoms with E-state index in [0.29, 0.717) is 24.6 Å². The second-order valence-electron chi connectivity index (χ2n) is 11.3. The Labute approximate surface area is 230 Å². The van der Waals surface area contributed by atoms with Crippen molar-refractivity contribution in [3.05, 3.63) is 23.4 Å². The van der Waals surface area contributed by atoms with Crippen LogP contribution in [0.3, 0.4) is 0 Å². The molecule has 3 rings (SSSR count). The third kappa shape index (κ3) is 10.2. The molecule has 0 aromatic carbocycles. The molecule has 2 aliphatic carbocycles. The minimum absolute atomic E-state index is 0. The maximum absolute atomic E-state index is 13.7. The molecule has 0 spiro atoms. The number of carbonyl (C=O) groups excluding carboxylic acids is 1. The van der Waals surface area contributed by atoms with Gasteiger partial charge in [-0.3, -0.25) is 4.79 Å². The number of carbonyl (C=O) groups is 1. The predicted octanol–water partition coefficient (Wildman–Crippen LogP) is 3.23. The molecule has 0 bridgehead atoms. The van der Waals surface area contributed by atoms with E-state index in [0.717, 1.165) is 56.8 Å². The highest BCUT2D eigenvalue weighted by Crippen LogP contribution is 2.45. The first-order chi connectivity index (χ1) is 15.7. The van der Waals surface area contributed by atoms with Gasteiger partial charge in [0.05, 0.1) is 6.04 Å². The molecule has 1 heterocycles. The van der Waals surface area contributed by atoms with E-state index in [9.17, 15) is 4.79 Å². The van der Waals surface area contributed by atoms with Crippen molar-refractivity contribution in [1.82, 2.24) is 15.5 Å². The van der Waals surface area contributed by atoms with Crippen LogP contribution in [0.2, 0.25) is 0 Å². The third-order valence-corrected chi connectivity index (χ3v) is 8.43. The normalized spacial score (nSPS) is 25.7. The van der Waals surface area contributed by atoms with Gasteiger partial charge in [0.25, 0.3) is 0 Å². The van der Waals surface area contributed by atoms with Crippen molar-refractivity contribution in [2.45, 2.75) is 91.5 Å². The van der Waals surface area contributed by atoms with Gasteiger partial charge in [-0.05, 0) is 73.7 Å². The molecule has 0 aromatic rings. The first kappa shape index (κ1) is 38.0. The van der Waals surface area contributed by atoms with E-state index >= 15 is 0 Å². The summed E-state index contributed by atoms with van der Waals surface area (Å²) in [6.07, 6.45) is 12.5. The lowest BCUT2D eigenvalue weighted by atomic mass is 9.64. The average molecular weight is 550 g/mol. The summed E-state index contributed by atoms with van der Waals surface area (Å²) >= 11 is 6.36. The van der Waals surface area contributed by atoms with Crippen LogP contribution in [0.1, 0.15) is 80.1 Å². The molecule has 1 saturated heterocycles. The Hall–Kier alpha value is -1.16. The van der Waals surface area contributed by atoms with E-state index in [1.165, 1.54) is 18.4 Å².